The fourth-order valence-corrected chi connectivity index (χ4v) is 4.82. The fraction of sp³-hybridized carbons (Fsp3) is 0.286. The molecule has 1 saturated heterocycles. The first kappa shape index (κ1) is 30.4. The van der Waals surface area contributed by atoms with Gasteiger partial charge in [0, 0.05) is 0 Å². The van der Waals surface area contributed by atoms with E-state index in [-0.39, 0.29) is 26.4 Å². The van der Waals surface area contributed by atoms with Gasteiger partial charge < -0.3 is 33.5 Å². The molecule has 4 aromatic carbocycles. The lowest BCUT2D eigenvalue weighted by Crippen LogP contribution is -2.62. The largest absolute Gasteiger partial charge is 0.497 e. The van der Waals surface area contributed by atoms with Crippen LogP contribution in [0.5, 0.6) is 5.75 Å². The van der Waals surface area contributed by atoms with Crippen molar-refractivity contribution in [3.05, 3.63) is 138 Å². The highest BCUT2D eigenvalue weighted by molar-refractivity contribution is 5.76. The molecular formula is C35H36O8. The Balaban J connectivity index is 1.40. The SMILES string of the molecule is COc1ccc(CO[C@@H]2[C@H](OCc3ccccc3)[C@@H](OCc3ccccc3)C(O)O[C@@H]2C(=O)OCc2ccccc2)cc1. The molecule has 1 aliphatic heterocycles. The van der Waals surface area contributed by atoms with Crippen LogP contribution >= 0.6 is 0 Å². The maximum absolute atomic E-state index is 13.5. The standard InChI is InChI=1S/C35H36O8/c1-38-29-19-17-28(18-20-29)23-40-31-30(39-21-25-11-5-2-6-12-25)32(41-22-26-13-7-3-8-14-26)35(37)43-33(31)34(36)42-24-27-15-9-4-10-16-27/h2-20,30-33,35,37H,21-24H2,1H3/t30-,31+,32+,33-,35?/m0/s1. The van der Waals surface area contributed by atoms with Crippen molar-refractivity contribution < 1.29 is 38.3 Å². The molecule has 0 saturated carbocycles. The minimum Gasteiger partial charge on any atom is -0.497 e. The Bertz CT molecular complexity index is 1380. The lowest BCUT2D eigenvalue weighted by atomic mass is 9.97. The first-order valence-corrected chi connectivity index (χ1v) is 14.2. The maximum atomic E-state index is 13.5. The number of hydrogen-bond donors (Lipinski definition) is 1. The van der Waals surface area contributed by atoms with Gasteiger partial charge in [-0.3, -0.25) is 0 Å². The van der Waals surface area contributed by atoms with Crippen molar-refractivity contribution in [2.24, 2.45) is 0 Å². The van der Waals surface area contributed by atoms with Crippen molar-refractivity contribution in [2.45, 2.75) is 57.1 Å². The molecule has 1 fully saturated rings. The molecule has 1 aliphatic rings. The molecule has 0 aromatic heterocycles. The summed E-state index contributed by atoms with van der Waals surface area (Å²) < 4.78 is 35.8. The summed E-state index contributed by atoms with van der Waals surface area (Å²) in [5.41, 5.74) is 3.51. The predicted octanol–water partition coefficient (Wildman–Crippen LogP) is 5.21. The second kappa shape index (κ2) is 15.4. The van der Waals surface area contributed by atoms with E-state index in [4.69, 9.17) is 28.4 Å². The van der Waals surface area contributed by atoms with E-state index in [1.807, 2.05) is 115 Å². The van der Waals surface area contributed by atoms with Crippen LogP contribution in [0.3, 0.4) is 0 Å². The summed E-state index contributed by atoms with van der Waals surface area (Å²) in [6.07, 6.45) is -5.53. The van der Waals surface area contributed by atoms with E-state index in [1.54, 1.807) is 7.11 Å². The smallest absolute Gasteiger partial charge is 0.338 e. The molecule has 8 nitrogen and oxygen atoms in total. The van der Waals surface area contributed by atoms with E-state index in [0.29, 0.717) is 5.75 Å². The van der Waals surface area contributed by atoms with Gasteiger partial charge in [0.1, 0.15) is 30.7 Å². The van der Waals surface area contributed by atoms with E-state index < -0.39 is 36.7 Å². The summed E-state index contributed by atoms with van der Waals surface area (Å²) in [5.74, 6) is 0.0474. The van der Waals surface area contributed by atoms with Crippen LogP contribution in [-0.4, -0.2) is 48.9 Å². The molecule has 1 unspecified atom stereocenters. The van der Waals surface area contributed by atoms with Crippen LogP contribution in [-0.2, 0) is 54.9 Å². The predicted molar refractivity (Wildman–Crippen MR) is 159 cm³/mol. The number of aliphatic hydroxyl groups excluding tert-OH is 1. The van der Waals surface area contributed by atoms with Crippen LogP contribution < -0.4 is 4.74 Å². The molecule has 5 rings (SSSR count). The molecule has 0 radical (unpaired) electrons. The average Bonchev–Trinajstić information content (AvgIpc) is 3.06. The number of carbonyl (C=O) groups is 1. The van der Waals surface area contributed by atoms with Crippen LogP contribution in [0.25, 0.3) is 0 Å². The Labute approximate surface area is 251 Å². The number of carbonyl (C=O) groups excluding carboxylic acids is 1. The minimum atomic E-state index is -1.47. The van der Waals surface area contributed by atoms with Gasteiger partial charge in [0.25, 0.3) is 0 Å². The monoisotopic (exact) mass is 584 g/mol. The molecule has 1 N–H and O–H groups in total. The normalized spacial score (nSPS) is 21.7. The Morgan fingerprint density at radius 3 is 1.56 bits per heavy atom. The van der Waals surface area contributed by atoms with Crippen molar-refractivity contribution >= 4 is 5.97 Å². The molecular weight excluding hydrogens is 548 g/mol. The van der Waals surface area contributed by atoms with Gasteiger partial charge >= 0.3 is 5.97 Å². The van der Waals surface area contributed by atoms with Crippen molar-refractivity contribution in [2.75, 3.05) is 7.11 Å². The van der Waals surface area contributed by atoms with Crippen molar-refractivity contribution in [1.82, 2.24) is 0 Å². The van der Waals surface area contributed by atoms with Crippen molar-refractivity contribution in [3.8, 4) is 5.75 Å². The highest BCUT2D eigenvalue weighted by atomic mass is 16.7. The lowest BCUT2D eigenvalue weighted by molar-refractivity contribution is -0.309. The summed E-state index contributed by atoms with van der Waals surface area (Å²) in [6.45, 7) is 0.598. The Morgan fingerprint density at radius 2 is 1.05 bits per heavy atom. The summed E-state index contributed by atoms with van der Waals surface area (Å²) in [4.78, 5) is 13.5. The number of benzene rings is 4. The van der Waals surface area contributed by atoms with Gasteiger partial charge in [-0.25, -0.2) is 4.79 Å². The van der Waals surface area contributed by atoms with Crippen LogP contribution in [0.1, 0.15) is 22.3 Å². The van der Waals surface area contributed by atoms with Gasteiger partial charge in [0.15, 0.2) is 12.4 Å². The number of methoxy groups -OCH3 is 1. The highest BCUT2D eigenvalue weighted by Gasteiger charge is 2.51. The first-order chi connectivity index (χ1) is 21.1. The van der Waals surface area contributed by atoms with Gasteiger partial charge in [-0.1, -0.05) is 103 Å². The Kier molecular flexibility index (Phi) is 10.9. The summed E-state index contributed by atoms with van der Waals surface area (Å²) in [5, 5.41) is 11.2. The lowest BCUT2D eigenvalue weighted by Gasteiger charge is -2.43. The van der Waals surface area contributed by atoms with Crippen LogP contribution in [0.2, 0.25) is 0 Å². The van der Waals surface area contributed by atoms with Gasteiger partial charge in [-0.15, -0.1) is 0 Å². The average molecular weight is 585 g/mol. The molecule has 43 heavy (non-hydrogen) atoms. The highest BCUT2D eigenvalue weighted by Crippen LogP contribution is 2.30. The van der Waals surface area contributed by atoms with E-state index in [9.17, 15) is 9.90 Å². The molecule has 0 amide bonds. The topological polar surface area (TPSA) is 92.7 Å². The molecule has 8 heteroatoms. The molecule has 0 aliphatic carbocycles. The van der Waals surface area contributed by atoms with Crippen LogP contribution in [0, 0.1) is 0 Å². The van der Waals surface area contributed by atoms with E-state index >= 15 is 0 Å². The minimum absolute atomic E-state index is 0.0459. The maximum Gasteiger partial charge on any atom is 0.338 e. The number of aliphatic hydroxyl groups is 1. The number of hydrogen-bond acceptors (Lipinski definition) is 8. The fourth-order valence-electron chi connectivity index (χ4n) is 4.82. The third-order valence-electron chi connectivity index (χ3n) is 7.14. The Morgan fingerprint density at radius 1 is 0.605 bits per heavy atom. The van der Waals surface area contributed by atoms with Gasteiger partial charge in [0.05, 0.1) is 26.9 Å². The zero-order chi connectivity index (χ0) is 29.9. The Hall–Kier alpha value is -4.05. The molecule has 224 valence electrons. The first-order valence-electron chi connectivity index (χ1n) is 14.2. The zero-order valence-corrected chi connectivity index (χ0v) is 24.0. The summed E-state index contributed by atoms with van der Waals surface area (Å²) in [6, 6.07) is 36.0. The molecule has 0 bridgehead atoms. The number of esters is 1. The van der Waals surface area contributed by atoms with Gasteiger partial charge in [0.2, 0.25) is 0 Å². The van der Waals surface area contributed by atoms with E-state index in [2.05, 4.69) is 0 Å². The second-order valence-corrected chi connectivity index (χ2v) is 10.2. The summed E-state index contributed by atoms with van der Waals surface area (Å²) >= 11 is 0. The third-order valence-corrected chi connectivity index (χ3v) is 7.14. The van der Waals surface area contributed by atoms with Gasteiger partial charge in [-0.2, -0.15) is 0 Å². The van der Waals surface area contributed by atoms with Crippen LogP contribution in [0.15, 0.2) is 115 Å². The van der Waals surface area contributed by atoms with Crippen molar-refractivity contribution in [3.63, 3.8) is 0 Å². The van der Waals surface area contributed by atoms with E-state index in [0.717, 1.165) is 22.3 Å². The van der Waals surface area contributed by atoms with E-state index in [1.165, 1.54) is 0 Å². The molecule has 5 atom stereocenters. The van der Waals surface area contributed by atoms with Crippen LogP contribution in [0.4, 0.5) is 0 Å². The van der Waals surface area contributed by atoms with Gasteiger partial charge in [-0.05, 0) is 34.4 Å². The quantitative estimate of drug-likeness (QED) is 0.214. The molecule has 0 spiro atoms. The summed E-state index contributed by atoms with van der Waals surface area (Å²) in [7, 11) is 1.60. The molecule has 4 aromatic rings. The number of ether oxygens (including phenoxy) is 6. The van der Waals surface area contributed by atoms with Crippen molar-refractivity contribution in [1.29, 1.82) is 0 Å². The zero-order valence-electron chi connectivity index (χ0n) is 24.0. The molecule has 1 heterocycles. The number of rotatable bonds is 13. The second-order valence-electron chi connectivity index (χ2n) is 10.2. The third kappa shape index (κ3) is 8.50.